The zero-order valence-electron chi connectivity index (χ0n) is 39.1. The van der Waals surface area contributed by atoms with Crippen molar-refractivity contribution < 1.29 is 71.2 Å². The van der Waals surface area contributed by atoms with Crippen molar-refractivity contribution in [3.8, 4) is 0 Å². The van der Waals surface area contributed by atoms with Gasteiger partial charge in [0.15, 0.2) is 35.9 Å². The van der Waals surface area contributed by atoms with Crippen LogP contribution in [0.1, 0.15) is 173 Å². The summed E-state index contributed by atoms with van der Waals surface area (Å²) in [6, 6.07) is 9.34. The maximum absolute atomic E-state index is 14.0. The fourth-order valence-electron chi connectivity index (χ4n) is 11.4. The predicted molar refractivity (Wildman–Crippen MR) is 235 cm³/mol. The van der Waals surface area contributed by atoms with Gasteiger partial charge in [-0.15, -0.1) is 0 Å². The molecule has 66 heavy (non-hydrogen) atoms. The van der Waals surface area contributed by atoms with Gasteiger partial charge in [0, 0.05) is 44.9 Å². The van der Waals surface area contributed by atoms with E-state index >= 15 is 0 Å². The fraction of sp³-hybridized carbons (Fsp3) is 0.824. The molecule has 0 amide bonds. The molecule has 0 aromatic heterocycles. The molecule has 5 aliphatic heterocycles. The molecule has 1 aromatic rings. The Labute approximate surface area is 390 Å². The third kappa shape index (κ3) is 11.6. The van der Waals surface area contributed by atoms with Crippen molar-refractivity contribution >= 4 is 17.9 Å². The summed E-state index contributed by atoms with van der Waals surface area (Å²) in [5.41, 5.74) is 0.833. The van der Waals surface area contributed by atoms with E-state index in [0.717, 1.165) is 108 Å². The third-order valence-corrected chi connectivity index (χ3v) is 15.0. The lowest BCUT2D eigenvalue weighted by molar-refractivity contribution is -0.427. The lowest BCUT2D eigenvalue weighted by Gasteiger charge is -2.54. The first-order valence-electron chi connectivity index (χ1n) is 25.8. The number of esters is 3. The molecule has 15 heteroatoms. The number of hydrogen-bond acceptors (Lipinski definition) is 15. The molecule has 0 bridgehead atoms. The van der Waals surface area contributed by atoms with E-state index in [0.29, 0.717) is 19.3 Å². The molecule has 5 saturated heterocycles. The van der Waals surface area contributed by atoms with E-state index in [4.69, 9.17) is 56.8 Å². The van der Waals surface area contributed by atoms with E-state index in [2.05, 4.69) is 6.92 Å². The summed E-state index contributed by atoms with van der Waals surface area (Å²) in [5.74, 6) is -4.08. The van der Waals surface area contributed by atoms with Gasteiger partial charge in [-0.2, -0.15) is 0 Å². The van der Waals surface area contributed by atoms with Crippen molar-refractivity contribution in [1.82, 2.24) is 0 Å². The molecule has 3 saturated carbocycles. The quantitative estimate of drug-likeness (QED) is 0.0830. The van der Waals surface area contributed by atoms with Crippen LogP contribution in [0.3, 0.4) is 0 Å². The Balaban J connectivity index is 0.965. The lowest BCUT2D eigenvalue weighted by Crippen LogP contribution is -2.69. The number of benzene rings is 1. The van der Waals surface area contributed by atoms with E-state index < -0.39 is 96.7 Å². The molecular formula is C51H74O15. The molecule has 0 unspecified atom stereocenters. The molecule has 3 spiro atoms. The molecule has 0 radical (unpaired) electrons. The van der Waals surface area contributed by atoms with Crippen LogP contribution in [0.25, 0.3) is 0 Å². The van der Waals surface area contributed by atoms with Crippen LogP contribution in [0.2, 0.25) is 0 Å². The van der Waals surface area contributed by atoms with Crippen LogP contribution in [-0.2, 0) is 77.8 Å². The normalized spacial score (nSPS) is 34.2. The monoisotopic (exact) mass is 927 g/mol. The summed E-state index contributed by atoms with van der Waals surface area (Å²) in [6.45, 7) is 2.71. The highest BCUT2D eigenvalue weighted by molar-refractivity contribution is 5.77. The third-order valence-electron chi connectivity index (χ3n) is 15.0. The first-order chi connectivity index (χ1) is 32.2. The van der Waals surface area contributed by atoms with Crippen LogP contribution in [0.5, 0.6) is 0 Å². The maximum atomic E-state index is 14.0. The lowest BCUT2D eigenvalue weighted by atomic mass is 9.90. The molecule has 5 heterocycles. The molecule has 15 nitrogen and oxygen atoms in total. The molecule has 368 valence electrons. The number of carbonyl (C=O) groups excluding carboxylic acids is 3. The summed E-state index contributed by atoms with van der Waals surface area (Å²) in [5, 5.41) is 0. The smallest absolute Gasteiger partial charge is 0.306 e. The number of ether oxygens (including phenoxy) is 12. The van der Waals surface area contributed by atoms with Gasteiger partial charge in [-0.25, -0.2) is 0 Å². The van der Waals surface area contributed by atoms with Gasteiger partial charge in [0.1, 0.15) is 43.2 Å². The second-order valence-corrected chi connectivity index (χ2v) is 20.0. The zero-order valence-corrected chi connectivity index (χ0v) is 39.1. The van der Waals surface area contributed by atoms with Crippen LogP contribution in [0.4, 0.5) is 0 Å². The van der Waals surface area contributed by atoms with Gasteiger partial charge in [-0.05, 0) is 50.5 Å². The van der Waals surface area contributed by atoms with Crippen LogP contribution in [0, 0.1) is 0 Å². The number of fused-ring (bicyclic) bond motifs is 4. The first-order valence-corrected chi connectivity index (χ1v) is 25.8. The average Bonchev–Trinajstić information content (AvgIpc) is 3.71. The molecule has 9 rings (SSSR count). The van der Waals surface area contributed by atoms with Crippen LogP contribution >= 0.6 is 0 Å². The average molecular weight is 927 g/mol. The van der Waals surface area contributed by atoms with Crippen molar-refractivity contribution in [3.05, 3.63) is 35.9 Å². The summed E-state index contributed by atoms with van der Waals surface area (Å²) in [6.07, 6.45) is 11.8. The topological polar surface area (TPSA) is 162 Å². The van der Waals surface area contributed by atoms with E-state index in [1.54, 1.807) is 0 Å². The Kier molecular flexibility index (Phi) is 16.4. The van der Waals surface area contributed by atoms with E-state index in [9.17, 15) is 14.4 Å². The van der Waals surface area contributed by atoms with Gasteiger partial charge in [-0.3, -0.25) is 14.4 Å². The van der Waals surface area contributed by atoms with Crippen LogP contribution < -0.4 is 0 Å². The van der Waals surface area contributed by atoms with Crippen molar-refractivity contribution in [3.63, 3.8) is 0 Å². The largest absolute Gasteiger partial charge is 0.461 e. The van der Waals surface area contributed by atoms with E-state index in [1.807, 2.05) is 30.3 Å². The standard InChI is InChI=1S/C51H74O15/c1-2-3-4-5-6-7-14-23-39(53)60-43-41-36(33-56-49(63-41)26-15-9-16-27-49)58-47(45(43)61-40(54)25-24-38(52)55-32-35-21-12-8-13-22-35)62-48-46-44(65-51(66-46)30-19-11-20-31-51)42-37(59-48)34-57-50(64-42)28-17-10-18-29-50/h8,12-13,21-22,36-37,41-48H,2-7,9-11,14-20,23-34H2,1H3/t36-,37-,41-,42-,43+,44+,45-,46-,47-,48-/m1/s1. The molecule has 3 aliphatic carbocycles. The predicted octanol–water partition coefficient (Wildman–Crippen LogP) is 8.54. The van der Waals surface area contributed by atoms with Crippen LogP contribution in [0.15, 0.2) is 30.3 Å². The van der Waals surface area contributed by atoms with Gasteiger partial charge in [0.05, 0.1) is 26.1 Å². The minimum absolute atomic E-state index is 0.0810. The minimum atomic E-state index is -1.33. The Morgan fingerprint density at radius 1 is 0.530 bits per heavy atom. The summed E-state index contributed by atoms with van der Waals surface area (Å²) in [7, 11) is 0. The van der Waals surface area contributed by atoms with Gasteiger partial charge in [-0.1, -0.05) is 95.0 Å². The highest BCUT2D eigenvalue weighted by atomic mass is 16.8. The summed E-state index contributed by atoms with van der Waals surface area (Å²) >= 11 is 0. The minimum Gasteiger partial charge on any atom is -0.461 e. The molecule has 1 aromatic carbocycles. The van der Waals surface area contributed by atoms with Crippen molar-refractivity contribution in [2.75, 3.05) is 13.2 Å². The molecule has 8 aliphatic rings. The van der Waals surface area contributed by atoms with E-state index in [-0.39, 0.29) is 39.1 Å². The number of carbonyl (C=O) groups is 3. The Hall–Kier alpha value is -2.73. The van der Waals surface area contributed by atoms with Gasteiger partial charge in [0.25, 0.3) is 0 Å². The van der Waals surface area contributed by atoms with E-state index in [1.165, 1.54) is 19.3 Å². The zero-order chi connectivity index (χ0) is 45.4. The molecule has 8 fully saturated rings. The fourth-order valence-corrected chi connectivity index (χ4v) is 11.4. The highest BCUT2D eigenvalue weighted by Crippen LogP contribution is 2.50. The maximum Gasteiger partial charge on any atom is 0.306 e. The SMILES string of the molecule is CCCCCCCCCC(=O)O[C@@H]1[C@@H](OC(=O)CCC(=O)OCc2ccccc2)[C@@H](O[C@H]2O[C@@H]3COC4(CCCCC4)O[C@H]3[C@@H]3OC4(CCCCC4)O[C@@H]23)O[C@@H]2COC3(CCCCC3)O[C@@H]12. The van der Waals surface area contributed by atoms with Crippen molar-refractivity contribution in [2.45, 2.75) is 253 Å². The second-order valence-electron chi connectivity index (χ2n) is 20.0. The van der Waals surface area contributed by atoms with Gasteiger partial charge < -0.3 is 56.8 Å². The summed E-state index contributed by atoms with van der Waals surface area (Å²) < 4.78 is 79.2. The van der Waals surface area contributed by atoms with Crippen molar-refractivity contribution in [2.24, 2.45) is 0 Å². The van der Waals surface area contributed by atoms with Crippen LogP contribution in [-0.4, -0.2) is 110 Å². The Morgan fingerprint density at radius 3 is 1.71 bits per heavy atom. The van der Waals surface area contributed by atoms with Crippen molar-refractivity contribution in [1.29, 1.82) is 0 Å². The molecule has 0 N–H and O–H groups in total. The summed E-state index contributed by atoms with van der Waals surface area (Å²) in [4.78, 5) is 40.9. The number of hydrogen-bond donors (Lipinski definition) is 0. The molecular weight excluding hydrogens is 853 g/mol. The number of unbranched alkanes of at least 4 members (excludes halogenated alkanes) is 6. The number of rotatable bonds is 17. The Morgan fingerprint density at radius 2 is 1.05 bits per heavy atom. The molecule has 10 atom stereocenters. The second kappa shape index (κ2) is 22.4. The Bertz CT molecular complexity index is 1720. The highest BCUT2D eigenvalue weighted by Gasteiger charge is 2.64. The van der Waals surface area contributed by atoms with Gasteiger partial charge in [0.2, 0.25) is 6.29 Å². The first kappa shape index (κ1) is 48.3. The van der Waals surface area contributed by atoms with Gasteiger partial charge >= 0.3 is 17.9 Å².